The fraction of sp³-hybridized carbons (Fsp3) is 0.261. The SMILES string of the molecule is Cc1nc(CN(CCCCCCN)Cc2cc3c4ccccc4n(Cc4ccccc4)c3c(C)n2)cc2c3ccccc3n(Cc3ccccc3)c12. The molecule has 52 heavy (non-hydrogen) atoms. The molecule has 2 N–H and O–H groups in total. The van der Waals surface area contributed by atoms with Crippen molar-refractivity contribution in [2.24, 2.45) is 5.73 Å². The number of benzene rings is 4. The van der Waals surface area contributed by atoms with E-state index in [1.807, 2.05) is 0 Å². The van der Waals surface area contributed by atoms with Gasteiger partial charge in [0, 0.05) is 58.8 Å². The van der Waals surface area contributed by atoms with Crippen LogP contribution in [0.3, 0.4) is 0 Å². The van der Waals surface area contributed by atoms with Gasteiger partial charge in [-0.3, -0.25) is 14.9 Å². The van der Waals surface area contributed by atoms with Crippen LogP contribution in [-0.4, -0.2) is 37.1 Å². The average Bonchev–Trinajstić information content (AvgIpc) is 3.65. The zero-order valence-corrected chi connectivity index (χ0v) is 30.4. The predicted molar refractivity (Wildman–Crippen MR) is 217 cm³/mol. The third-order valence-corrected chi connectivity index (χ3v) is 10.5. The number of hydrogen-bond acceptors (Lipinski definition) is 4. The molecule has 0 atom stereocenters. The van der Waals surface area contributed by atoms with Crippen molar-refractivity contribution in [3.8, 4) is 0 Å². The summed E-state index contributed by atoms with van der Waals surface area (Å²) in [5, 5.41) is 5.11. The minimum Gasteiger partial charge on any atom is -0.334 e. The van der Waals surface area contributed by atoms with E-state index in [1.165, 1.54) is 67.6 Å². The molecule has 0 aliphatic carbocycles. The molecule has 4 aromatic heterocycles. The summed E-state index contributed by atoms with van der Waals surface area (Å²) >= 11 is 0. The Hall–Kier alpha value is -5.30. The number of hydrogen-bond donors (Lipinski definition) is 1. The molecule has 0 amide bonds. The van der Waals surface area contributed by atoms with Crippen molar-refractivity contribution in [3.05, 3.63) is 155 Å². The molecule has 8 aromatic rings. The van der Waals surface area contributed by atoms with E-state index in [-0.39, 0.29) is 0 Å². The number of rotatable bonds is 14. The van der Waals surface area contributed by atoms with Crippen LogP contribution >= 0.6 is 0 Å². The Kier molecular flexibility index (Phi) is 9.84. The first-order valence-corrected chi connectivity index (χ1v) is 18.8. The maximum absolute atomic E-state index is 5.83. The van der Waals surface area contributed by atoms with Crippen LogP contribution in [0.2, 0.25) is 0 Å². The number of pyridine rings is 2. The second-order valence-corrected chi connectivity index (χ2v) is 14.3. The third kappa shape index (κ3) is 6.84. The number of fused-ring (bicyclic) bond motifs is 6. The number of nitrogens with two attached hydrogens (primary N) is 1. The van der Waals surface area contributed by atoms with Gasteiger partial charge in [-0.25, -0.2) is 0 Å². The molecule has 0 spiro atoms. The first-order chi connectivity index (χ1) is 25.6. The van der Waals surface area contributed by atoms with Gasteiger partial charge in [-0.1, -0.05) is 110 Å². The van der Waals surface area contributed by atoms with Crippen LogP contribution in [0, 0.1) is 13.8 Å². The highest BCUT2D eigenvalue weighted by Crippen LogP contribution is 2.34. The molecule has 0 unspecified atom stereocenters. The van der Waals surface area contributed by atoms with Crippen molar-refractivity contribution in [3.63, 3.8) is 0 Å². The summed E-state index contributed by atoms with van der Waals surface area (Å²) in [5.41, 5.74) is 17.7. The first kappa shape index (κ1) is 33.8. The fourth-order valence-electron chi connectivity index (χ4n) is 8.20. The van der Waals surface area contributed by atoms with Crippen LogP contribution < -0.4 is 5.73 Å². The second kappa shape index (κ2) is 15.1. The van der Waals surface area contributed by atoms with Crippen LogP contribution in [0.25, 0.3) is 43.6 Å². The highest BCUT2D eigenvalue weighted by Gasteiger charge is 2.19. The van der Waals surface area contributed by atoms with Gasteiger partial charge >= 0.3 is 0 Å². The van der Waals surface area contributed by atoms with E-state index in [2.05, 4.69) is 149 Å². The molecule has 0 saturated heterocycles. The van der Waals surface area contributed by atoms with Crippen molar-refractivity contribution in [2.45, 2.75) is 65.7 Å². The Morgan fingerprint density at radius 3 is 1.44 bits per heavy atom. The van der Waals surface area contributed by atoms with Gasteiger partial charge in [0.25, 0.3) is 0 Å². The van der Waals surface area contributed by atoms with Gasteiger partial charge in [-0.05, 0) is 75.2 Å². The molecule has 0 radical (unpaired) electrons. The Morgan fingerprint density at radius 2 is 0.962 bits per heavy atom. The molecule has 0 fully saturated rings. The van der Waals surface area contributed by atoms with Gasteiger partial charge in [0.1, 0.15) is 0 Å². The van der Waals surface area contributed by atoms with Crippen LogP contribution in [-0.2, 0) is 26.2 Å². The minimum atomic E-state index is 0.756. The van der Waals surface area contributed by atoms with E-state index in [9.17, 15) is 0 Å². The van der Waals surface area contributed by atoms with E-state index in [0.29, 0.717) is 0 Å². The van der Waals surface area contributed by atoms with Gasteiger partial charge in [-0.15, -0.1) is 0 Å². The average molecular weight is 685 g/mol. The minimum absolute atomic E-state index is 0.756. The number of nitrogens with zero attached hydrogens (tertiary/aromatic N) is 5. The lowest BCUT2D eigenvalue weighted by molar-refractivity contribution is 0.244. The van der Waals surface area contributed by atoms with Crippen molar-refractivity contribution < 1.29 is 0 Å². The zero-order chi connectivity index (χ0) is 35.4. The van der Waals surface area contributed by atoms with E-state index in [0.717, 1.165) is 74.9 Å². The van der Waals surface area contributed by atoms with Crippen LogP contribution in [0.15, 0.2) is 121 Å². The van der Waals surface area contributed by atoms with Gasteiger partial charge in [-0.2, -0.15) is 0 Å². The molecule has 6 heteroatoms. The standard InChI is InChI=1S/C46H48N6/c1-33-45-41(39-21-11-13-23-43(39)51(45)29-35-17-7-5-8-18-35)27-37(48-33)31-50(26-16-4-3-15-25-47)32-38-28-42-40-22-12-14-24-44(40)52(46(42)34(2)49-38)30-36-19-9-6-10-20-36/h5-14,17-24,27-28H,3-4,15-16,25-26,29-32,47H2,1-2H3. The molecule has 8 rings (SSSR count). The summed E-state index contributed by atoms with van der Waals surface area (Å²) in [6, 6.07) is 43.7. The maximum Gasteiger partial charge on any atom is 0.0711 e. The molecule has 0 aliphatic rings. The lowest BCUT2D eigenvalue weighted by atomic mass is 10.1. The van der Waals surface area contributed by atoms with E-state index in [4.69, 9.17) is 15.7 Å². The largest absolute Gasteiger partial charge is 0.334 e. The number of aryl methyl sites for hydroxylation is 2. The fourth-order valence-corrected chi connectivity index (χ4v) is 8.20. The van der Waals surface area contributed by atoms with Crippen LogP contribution in [0.5, 0.6) is 0 Å². The van der Waals surface area contributed by atoms with E-state index < -0.39 is 0 Å². The topological polar surface area (TPSA) is 64.9 Å². The summed E-state index contributed by atoms with van der Waals surface area (Å²) < 4.78 is 4.88. The first-order valence-electron chi connectivity index (χ1n) is 18.8. The Morgan fingerprint density at radius 1 is 0.519 bits per heavy atom. The number of aromatic nitrogens is 4. The van der Waals surface area contributed by atoms with Gasteiger partial charge in [0.2, 0.25) is 0 Å². The van der Waals surface area contributed by atoms with E-state index in [1.54, 1.807) is 0 Å². The summed E-state index contributed by atoms with van der Waals surface area (Å²) in [7, 11) is 0. The van der Waals surface area contributed by atoms with Crippen molar-refractivity contribution >= 4 is 43.6 Å². The second-order valence-electron chi connectivity index (χ2n) is 14.3. The van der Waals surface area contributed by atoms with Crippen molar-refractivity contribution in [1.82, 2.24) is 24.0 Å². The Labute approximate surface area is 306 Å². The van der Waals surface area contributed by atoms with E-state index >= 15 is 0 Å². The number of unbranched alkanes of at least 4 members (excludes halogenated alkanes) is 3. The summed E-state index contributed by atoms with van der Waals surface area (Å²) in [4.78, 5) is 13.1. The monoisotopic (exact) mass is 684 g/mol. The maximum atomic E-state index is 5.83. The highest BCUT2D eigenvalue weighted by molar-refractivity contribution is 6.09. The normalized spacial score (nSPS) is 11.9. The molecule has 0 bridgehead atoms. The molecular weight excluding hydrogens is 637 g/mol. The van der Waals surface area contributed by atoms with Gasteiger partial charge in [0.05, 0.1) is 33.8 Å². The van der Waals surface area contributed by atoms with Crippen LogP contribution in [0.4, 0.5) is 0 Å². The van der Waals surface area contributed by atoms with Gasteiger partial charge < -0.3 is 14.9 Å². The third-order valence-electron chi connectivity index (χ3n) is 10.5. The molecule has 4 heterocycles. The molecule has 0 saturated carbocycles. The van der Waals surface area contributed by atoms with Crippen molar-refractivity contribution in [1.29, 1.82) is 0 Å². The lowest BCUT2D eigenvalue weighted by Crippen LogP contribution is -2.25. The highest BCUT2D eigenvalue weighted by atomic mass is 15.1. The quantitative estimate of drug-likeness (QED) is 0.116. The summed E-state index contributed by atoms with van der Waals surface area (Å²) in [6.07, 6.45) is 4.54. The molecule has 262 valence electrons. The number of para-hydroxylation sites is 2. The zero-order valence-electron chi connectivity index (χ0n) is 30.4. The Bertz CT molecular complexity index is 2290. The molecule has 4 aromatic carbocycles. The van der Waals surface area contributed by atoms with Crippen molar-refractivity contribution in [2.75, 3.05) is 13.1 Å². The molecule has 0 aliphatic heterocycles. The van der Waals surface area contributed by atoms with Gasteiger partial charge in [0.15, 0.2) is 0 Å². The summed E-state index contributed by atoms with van der Waals surface area (Å²) in [5.74, 6) is 0. The molecule has 6 nitrogen and oxygen atoms in total. The Balaban J connectivity index is 1.15. The smallest absolute Gasteiger partial charge is 0.0711 e. The van der Waals surface area contributed by atoms with Crippen LogP contribution in [0.1, 0.15) is 59.6 Å². The predicted octanol–water partition coefficient (Wildman–Crippen LogP) is 9.93. The molecular formula is C46H48N6. The lowest BCUT2D eigenvalue weighted by Gasteiger charge is -2.23. The summed E-state index contributed by atoms with van der Waals surface area (Å²) in [6.45, 7) is 9.24.